The summed E-state index contributed by atoms with van der Waals surface area (Å²) in [5.74, 6) is -0.366. The molecule has 1 saturated heterocycles. The zero-order valence-corrected chi connectivity index (χ0v) is 15.3. The van der Waals surface area contributed by atoms with Crippen molar-refractivity contribution in [2.24, 2.45) is 0 Å². The zero-order chi connectivity index (χ0) is 18.2. The van der Waals surface area contributed by atoms with E-state index in [9.17, 15) is 9.18 Å². The van der Waals surface area contributed by atoms with Crippen molar-refractivity contribution in [2.45, 2.75) is 52.2 Å². The number of hydrogen-bond donors (Lipinski definition) is 0. The molecule has 3 rings (SSSR count). The lowest BCUT2D eigenvalue weighted by atomic mass is 9.92. The lowest BCUT2D eigenvalue weighted by Gasteiger charge is -2.41. The maximum absolute atomic E-state index is 13.6. The molecule has 1 aromatic carbocycles. The first-order chi connectivity index (χ1) is 11.8. The number of aryl methyl sites for hydroxylation is 1. The highest BCUT2D eigenvalue weighted by atomic mass is 19.1. The van der Waals surface area contributed by atoms with Gasteiger partial charge in [0.15, 0.2) is 0 Å². The van der Waals surface area contributed by atoms with Gasteiger partial charge >= 0.3 is 0 Å². The van der Waals surface area contributed by atoms with E-state index < -0.39 is 0 Å². The Hall–Kier alpha value is -2.01. The quantitative estimate of drug-likeness (QED) is 0.842. The fourth-order valence-electron chi connectivity index (χ4n) is 3.70. The highest BCUT2D eigenvalue weighted by Gasteiger charge is 2.34. The predicted molar refractivity (Wildman–Crippen MR) is 96.2 cm³/mol. The van der Waals surface area contributed by atoms with E-state index >= 15 is 0 Å². The number of carbonyl (C=O) groups is 1. The van der Waals surface area contributed by atoms with E-state index in [4.69, 9.17) is 4.74 Å². The van der Waals surface area contributed by atoms with Crippen molar-refractivity contribution in [1.29, 1.82) is 0 Å². The molecule has 0 saturated carbocycles. The minimum atomic E-state index is -0.345. The summed E-state index contributed by atoms with van der Waals surface area (Å²) in [4.78, 5) is 19.6. The largest absolute Gasteiger partial charge is 0.375 e. The van der Waals surface area contributed by atoms with Gasteiger partial charge in [-0.25, -0.2) is 4.39 Å². The maximum Gasteiger partial charge on any atom is 0.254 e. The Labute approximate surface area is 148 Å². The Morgan fingerprint density at radius 3 is 2.84 bits per heavy atom. The highest BCUT2D eigenvalue weighted by molar-refractivity contribution is 6.06. The smallest absolute Gasteiger partial charge is 0.254 e. The van der Waals surface area contributed by atoms with Gasteiger partial charge in [-0.1, -0.05) is 0 Å². The Morgan fingerprint density at radius 1 is 1.40 bits per heavy atom. The number of carbonyl (C=O) groups excluding carboxylic acids is 1. The normalized spacial score (nSPS) is 19.8. The molecule has 0 aliphatic carbocycles. The third-order valence-corrected chi connectivity index (χ3v) is 4.84. The van der Waals surface area contributed by atoms with E-state index in [1.165, 1.54) is 12.1 Å². The summed E-state index contributed by atoms with van der Waals surface area (Å²) in [6, 6.07) is 6.35. The van der Waals surface area contributed by atoms with Crippen molar-refractivity contribution < 1.29 is 13.9 Å². The number of fused-ring (bicyclic) bond motifs is 1. The molecule has 5 heteroatoms. The van der Waals surface area contributed by atoms with E-state index in [0.29, 0.717) is 35.3 Å². The van der Waals surface area contributed by atoms with E-state index in [1.807, 2.05) is 18.7 Å². The van der Waals surface area contributed by atoms with Crippen molar-refractivity contribution in [2.75, 3.05) is 13.2 Å². The Morgan fingerprint density at radius 2 is 2.16 bits per heavy atom. The second-order valence-corrected chi connectivity index (χ2v) is 7.32. The molecule has 0 unspecified atom stereocenters. The number of amides is 1. The minimum Gasteiger partial charge on any atom is -0.375 e. The molecular formula is C20H25FN2O2. The standard InChI is InChI=1S/C20H25FN2O2/c1-5-23(15-8-9-25-20(3,4)12-15)19(24)17-10-13(2)22-18-11-14(21)6-7-16(17)18/h6-7,10-11,15H,5,8-9,12H2,1-4H3/t15-/m1/s1. The summed E-state index contributed by atoms with van der Waals surface area (Å²) in [7, 11) is 0. The molecule has 1 aromatic heterocycles. The van der Waals surface area contributed by atoms with Crippen LogP contribution in [0.4, 0.5) is 4.39 Å². The first-order valence-electron chi connectivity index (χ1n) is 8.82. The van der Waals surface area contributed by atoms with Crippen LogP contribution in [0, 0.1) is 12.7 Å². The van der Waals surface area contributed by atoms with Gasteiger partial charge in [0.2, 0.25) is 0 Å². The summed E-state index contributed by atoms with van der Waals surface area (Å²) in [6.45, 7) is 9.23. The Balaban J connectivity index is 2.00. The van der Waals surface area contributed by atoms with E-state index in [2.05, 4.69) is 18.8 Å². The van der Waals surface area contributed by atoms with Crippen molar-refractivity contribution in [3.05, 3.63) is 41.3 Å². The first kappa shape index (κ1) is 17.8. The predicted octanol–water partition coefficient (Wildman–Crippen LogP) is 4.10. The number of nitrogens with zero attached hydrogens (tertiary/aromatic N) is 2. The van der Waals surface area contributed by atoms with Gasteiger partial charge < -0.3 is 9.64 Å². The molecule has 1 aliphatic rings. The van der Waals surface area contributed by atoms with E-state index in [1.54, 1.807) is 12.1 Å². The van der Waals surface area contributed by atoms with Crippen LogP contribution in [0.5, 0.6) is 0 Å². The molecule has 0 bridgehead atoms. The van der Waals surface area contributed by atoms with Crippen LogP contribution in [-0.4, -0.2) is 40.6 Å². The zero-order valence-electron chi connectivity index (χ0n) is 15.3. The van der Waals surface area contributed by atoms with E-state index in [-0.39, 0.29) is 23.4 Å². The molecule has 1 amide bonds. The highest BCUT2D eigenvalue weighted by Crippen LogP contribution is 2.29. The first-order valence-corrected chi connectivity index (χ1v) is 8.82. The van der Waals surface area contributed by atoms with Crippen LogP contribution in [0.15, 0.2) is 24.3 Å². The summed E-state index contributed by atoms with van der Waals surface area (Å²) in [5, 5.41) is 0.696. The molecule has 1 atom stereocenters. The van der Waals surface area contributed by atoms with Crippen molar-refractivity contribution in [3.63, 3.8) is 0 Å². The molecule has 1 aliphatic heterocycles. The SMILES string of the molecule is CCN(C(=O)c1cc(C)nc2cc(F)ccc12)[C@@H]1CCOC(C)(C)C1. The summed E-state index contributed by atoms with van der Waals surface area (Å²) < 4.78 is 19.3. The second kappa shape index (κ2) is 6.71. The van der Waals surface area contributed by atoms with Gasteiger partial charge in [-0.05, 0) is 58.7 Å². The van der Waals surface area contributed by atoms with Crippen LogP contribution >= 0.6 is 0 Å². The molecule has 25 heavy (non-hydrogen) atoms. The number of ether oxygens (including phenoxy) is 1. The van der Waals surface area contributed by atoms with Crippen LogP contribution in [0.25, 0.3) is 10.9 Å². The third-order valence-electron chi connectivity index (χ3n) is 4.84. The number of rotatable bonds is 3. The molecule has 0 spiro atoms. The summed E-state index contributed by atoms with van der Waals surface area (Å²) in [6.07, 6.45) is 1.64. The lowest BCUT2D eigenvalue weighted by Crippen LogP contribution is -2.48. The van der Waals surface area contributed by atoms with Gasteiger partial charge in [0.1, 0.15) is 5.82 Å². The maximum atomic E-state index is 13.6. The fraction of sp³-hybridized carbons (Fsp3) is 0.500. The van der Waals surface area contributed by atoms with E-state index in [0.717, 1.165) is 12.8 Å². The van der Waals surface area contributed by atoms with Gasteiger partial charge in [0.25, 0.3) is 5.91 Å². The molecule has 4 nitrogen and oxygen atoms in total. The van der Waals surface area contributed by atoms with Gasteiger partial charge in [-0.2, -0.15) is 0 Å². The van der Waals surface area contributed by atoms with Crippen LogP contribution in [0.2, 0.25) is 0 Å². The Kier molecular flexibility index (Phi) is 4.78. The molecule has 2 heterocycles. The summed E-state index contributed by atoms with van der Waals surface area (Å²) in [5.41, 5.74) is 1.60. The second-order valence-electron chi connectivity index (χ2n) is 7.32. The van der Waals surface area contributed by atoms with Crippen LogP contribution in [0.3, 0.4) is 0 Å². The van der Waals surface area contributed by atoms with Gasteiger partial charge in [0.05, 0.1) is 16.7 Å². The number of pyridine rings is 1. The van der Waals surface area contributed by atoms with Crippen molar-refractivity contribution in [1.82, 2.24) is 9.88 Å². The fourth-order valence-corrected chi connectivity index (χ4v) is 3.70. The molecule has 1 fully saturated rings. The third kappa shape index (κ3) is 3.66. The van der Waals surface area contributed by atoms with Gasteiger partial charge in [-0.15, -0.1) is 0 Å². The van der Waals surface area contributed by atoms with Gasteiger partial charge in [0, 0.05) is 36.3 Å². The minimum absolute atomic E-state index is 0.0210. The molecule has 134 valence electrons. The van der Waals surface area contributed by atoms with Gasteiger partial charge in [-0.3, -0.25) is 9.78 Å². The number of halogens is 1. The van der Waals surface area contributed by atoms with Crippen molar-refractivity contribution in [3.8, 4) is 0 Å². The molecular weight excluding hydrogens is 319 g/mol. The van der Waals surface area contributed by atoms with Crippen LogP contribution < -0.4 is 0 Å². The average Bonchev–Trinajstić information content (AvgIpc) is 2.53. The van der Waals surface area contributed by atoms with Crippen molar-refractivity contribution >= 4 is 16.8 Å². The molecule has 0 N–H and O–H groups in total. The molecule has 0 radical (unpaired) electrons. The molecule has 2 aromatic rings. The topological polar surface area (TPSA) is 42.4 Å². The number of aromatic nitrogens is 1. The number of hydrogen-bond acceptors (Lipinski definition) is 3. The monoisotopic (exact) mass is 344 g/mol. The number of benzene rings is 1. The average molecular weight is 344 g/mol. The Bertz CT molecular complexity index is 798. The van der Waals surface area contributed by atoms with Crippen LogP contribution in [0.1, 0.15) is 49.7 Å². The lowest BCUT2D eigenvalue weighted by molar-refractivity contribution is -0.0777. The van der Waals surface area contributed by atoms with Crippen LogP contribution in [-0.2, 0) is 4.74 Å². The summed E-state index contributed by atoms with van der Waals surface area (Å²) >= 11 is 0.